The number of nitrogens with zero attached hydrogens (tertiary/aromatic N) is 2. The van der Waals surface area contributed by atoms with Crippen LogP contribution in [0.2, 0.25) is 0 Å². The minimum Gasteiger partial charge on any atom is -0.497 e. The minimum absolute atomic E-state index is 0.0656. The van der Waals surface area contributed by atoms with Crippen molar-refractivity contribution in [3.63, 3.8) is 0 Å². The van der Waals surface area contributed by atoms with Gasteiger partial charge >= 0.3 is 0 Å². The molecule has 0 aliphatic carbocycles. The third kappa shape index (κ3) is 3.81. The van der Waals surface area contributed by atoms with Gasteiger partial charge in [-0.15, -0.1) is 11.3 Å². The number of hydrazone groups is 1. The van der Waals surface area contributed by atoms with Crippen molar-refractivity contribution in [1.29, 1.82) is 0 Å². The second-order valence-electron chi connectivity index (χ2n) is 5.43. The van der Waals surface area contributed by atoms with Gasteiger partial charge in [0.05, 0.1) is 19.0 Å². The van der Waals surface area contributed by atoms with Gasteiger partial charge in [0.15, 0.2) is 0 Å². The number of nitrogens with one attached hydrogen (secondary N) is 1. The van der Waals surface area contributed by atoms with Crippen LogP contribution in [-0.4, -0.2) is 18.3 Å². The number of benzene rings is 1. The first-order valence-corrected chi connectivity index (χ1v) is 7.26. The van der Waals surface area contributed by atoms with Crippen molar-refractivity contribution in [2.75, 3.05) is 12.5 Å². The van der Waals surface area contributed by atoms with Gasteiger partial charge in [-0.2, -0.15) is 5.10 Å². The van der Waals surface area contributed by atoms with E-state index in [0.717, 1.165) is 22.1 Å². The number of hydrogen-bond acceptors (Lipinski definition) is 5. The molecule has 106 valence electrons. The lowest BCUT2D eigenvalue weighted by atomic mass is 9.93. The van der Waals surface area contributed by atoms with Gasteiger partial charge in [0, 0.05) is 10.8 Å². The molecule has 0 aliphatic rings. The molecular weight excluding hydrogens is 270 g/mol. The van der Waals surface area contributed by atoms with E-state index in [0.29, 0.717) is 0 Å². The van der Waals surface area contributed by atoms with Gasteiger partial charge in [-0.3, -0.25) is 5.43 Å². The van der Waals surface area contributed by atoms with Crippen LogP contribution in [0, 0.1) is 0 Å². The number of methoxy groups -OCH3 is 1. The highest BCUT2D eigenvalue weighted by molar-refractivity contribution is 7.13. The van der Waals surface area contributed by atoms with Crippen LogP contribution in [0.5, 0.6) is 5.75 Å². The topological polar surface area (TPSA) is 46.5 Å². The van der Waals surface area contributed by atoms with Crippen LogP contribution in [0.3, 0.4) is 0 Å². The van der Waals surface area contributed by atoms with Crippen molar-refractivity contribution >= 4 is 22.7 Å². The van der Waals surface area contributed by atoms with E-state index in [1.807, 2.05) is 24.3 Å². The number of hydrogen-bond donors (Lipinski definition) is 1. The Morgan fingerprint density at radius 3 is 2.50 bits per heavy atom. The molecule has 1 N–H and O–H groups in total. The van der Waals surface area contributed by atoms with Crippen LogP contribution in [0.25, 0.3) is 0 Å². The first-order chi connectivity index (χ1) is 9.49. The lowest BCUT2D eigenvalue weighted by Gasteiger charge is -2.13. The molecule has 2 aromatic rings. The maximum absolute atomic E-state index is 5.11. The van der Waals surface area contributed by atoms with Crippen molar-refractivity contribution < 1.29 is 4.74 Å². The van der Waals surface area contributed by atoms with E-state index in [1.165, 1.54) is 0 Å². The molecule has 0 saturated heterocycles. The van der Waals surface area contributed by atoms with Crippen molar-refractivity contribution in [3.05, 3.63) is 40.9 Å². The summed E-state index contributed by atoms with van der Waals surface area (Å²) in [5, 5.41) is 7.06. The number of aromatic nitrogens is 1. The van der Waals surface area contributed by atoms with Crippen LogP contribution in [0.15, 0.2) is 34.7 Å². The highest BCUT2D eigenvalue weighted by atomic mass is 32.1. The van der Waals surface area contributed by atoms with Gasteiger partial charge in [0.1, 0.15) is 5.75 Å². The summed E-state index contributed by atoms with van der Waals surface area (Å²) in [5.41, 5.74) is 5.10. The molecule has 1 heterocycles. The molecule has 0 aliphatic heterocycles. The average molecular weight is 289 g/mol. The molecule has 0 radical (unpaired) electrons. The van der Waals surface area contributed by atoms with Crippen LogP contribution in [0.4, 0.5) is 5.13 Å². The van der Waals surface area contributed by atoms with Crippen molar-refractivity contribution in [2.24, 2.45) is 5.10 Å². The van der Waals surface area contributed by atoms with E-state index in [9.17, 15) is 0 Å². The molecular formula is C15H19N3OS. The predicted octanol–water partition coefficient (Wildman–Crippen LogP) is 3.90. The third-order valence-corrected chi connectivity index (χ3v) is 3.51. The Balaban J connectivity index is 1.97. The van der Waals surface area contributed by atoms with Gasteiger partial charge in [-0.05, 0) is 29.8 Å². The van der Waals surface area contributed by atoms with Gasteiger partial charge in [0.25, 0.3) is 0 Å². The molecule has 5 heteroatoms. The van der Waals surface area contributed by atoms with E-state index in [2.05, 4.69) is 41.7 Å². The molecule has 0 bridgehead atoms. The number of anilines is 1. The fourth-order valence-electron chi connectivity index (χ4n) is 1.52. The zero-order chi connectivity index (χ0) is 14.6. The molecule has 0 spiro atoms. The third-order valence-electron chi connectivity index (χ3n) is 2.76. The summed E-state index contributed by atoms with van der Waals surface area (Å²) in [6, 6.07) is 7.71. The normalized spacial score (nSPS) is 11.8. The van der Waals surface area contributed by atoms with E-state index in [-0.39, 0.29) is 5.41 Å². The fraction of sp³-hybridized carbons (Fsp3) is 0.333. The van der Waals surface area contributed by atoms with E-state index < -0.39 is 0 Å². The largest absolute Gasteiger partial charge is 0.497 e. The maximum Gasteiger partial charge on any atom is 0.203 e. The van der Waals surface area contributed by atoms with Gasteiger partial charge in [0.2, 0.25) is 5.13 Å². The summed E-state index contributed by atoms with van der Waals surface area (Å²) in [6.45, 7) is 6.44. The van der Waals surface area contributed by atoms with Crippen molar-refractivity contribution in [1.82, 2.24) is 4.98 Å². The summed E-state index contributed by atoms with van der Waals surface area (Å²) in [6.07, 6.45) is 1.76. The summed E-state index contributed by atoms with van der Waals surface area (Å²) in [5.74, 6) is 0.838. The monoisotopic (exact) mass is 289 g/mol. The molecule has 0 fully saturated rings. The molecule has 0 amide bonds. The summed E-state index contributed by atoms with van der Waals surface area (Å²) in [4.78, 5) is 4.51. The number of ether oxygens (including phenoxy) is 1. The summed E-state index contributed by atoms with van der Waals surface area (Å²) in [7, 11) is 1.65. The zero-order valence-electron chi connectivity index (χ0n) is 12.2. The average Bonchev–Trinajstić information content (AvgIpc) is 2.88. The molecule has 1 aromatic carbocycles. The summed E-state index contributed by atoms with van der Waals surface area (Å²) >= 11 is 1.56. The quantitative estimate of drug-likeness (QED) is 0.686. The van der Waals surface area contributed by atoms with E-state index in [1.54, 1.807) is 24.7 Å². The Labute approximate surface area is 123 Å². The molecule has 0 saturated carbocycles. The first-order valence-electron chi connectivity index (χ1n) is 6.38. The maximum atomic E-state index is 5.11. The second kappa shape index (κ2) is 6.05. The number of thiazole rings is 1. The second-order valence-corrected chi connectivity index (χ2v) is 6.29. The Morgan fingerprint density at radius 2 is 1.95 bits per heavy atom. The van der Waals surface area contributed by atoms with Gasteiger partial charge in [-0.25, -0.2) is 4.98 Å². The molecule has 20 heavy (non-hydrogen) atoms. The molecule has 0 unspecified atom stereocenters. The van der Waals surface area contributed by atoms with Crippen LogP contribution in [-0.2, 0) is 5.41 Å². The van der Waals surface area contributed by atoms with Crippen LogP contribution < -0.4 is 10.2 Å². The van der Waals surface area contributed by atoms with Crippen molar-refractivity contribution in [3.8, 4) is 5.75 Å². The smallest absolute Gasteiger partial charge is 0.203 e. The van der Waals surface area contributed by atoms with E-state index >= 15 is 0 Å². The van der Waals surface area contributed by atoms with E-state index in [4.69, 9.17) is 4.74 Å². The van der Waals surface area contributed by atoms with Crippen LogP contribution in [0.1, 0.15) is 32.0 Å². The molecule has 2 rings (SSSR count). The lowest BCUT2D eigenvalue weighted by Crippen LogP contribution is -2.11. The van der Waals surface area contributed by atoms with Gasteiger partial charge in [-0.1, -0.05) is 20.8 Å². The van der Waals surface area contributed by atoms with Crippen molar-refractivity contribution in [2.45, 2.75) is 26.2 Å². The molecule has 4 nitrogen and oxygen atoms in total. The standard InChI is InChI=1S/C15H19N3OS/c1-15(2,3)13-10-20-14(17-13)18-16-9-11-5-7-12(19-4)8-6-11/h5-10H,1-4H3,(H,17,18)/b16-9+. The number of rotatable bonds is 4. The van der Waals surface area contributed by atoms with Crippen LogP contribution >= 0.6 is 11.3 Å². The van der Waals surface area contributed by atoms with Gasteiger partial charge < -0.3 is 4.74 Å². The fourth-order valence-corrected chi connectivity index (χ4v) is 2.41. The Morgan fingerprint density at radius 1 is 1.25 bits per heavy atom. The molecule has 0 atom stereocenters. The Kier molecular flexibility index (Phi) is 4.39. The molecule has 1 aromatic heterocycles. The minimum atomic E-state index is 0.0656. The predicted molar refractivity (Wildman–Crippen MR) is 85.0 cm³/mol. The SMILES string of the molecule is COc1ccc(/C=N/Nc2nc(C(C)(C)C)cs2)cc1. The summed E-state index contributed by atoms with van der Waals surface area (Å²) < 4.78 is 5.11. The highest BCUT2D eigenvalue weighted by Gasteiger charge is 2.17. The zero-order valence-corrected chi connectivity index (χ0v) is 13.0. The Hall–Kier alpha value is -1.88. The highest BCUT2D eigenvalue weighted by Crippen LogP contribution is 2.26. The Bertz CT molecular complexity index is 582. The first kappa shape index (κ1) is 14.5. The lowest BCUT2D eigenvalue weighted by molar-refractivity contribution is 0.415.